The smallest absolute Gasteiger partial charge is 0.299 e. The number of anilines is 4. The average Bonchev–Trinajstić information content (AvgIpc) is 2.96. The third kappa shape index (κ3) is 6.81. The number of non-ortho nitro benzene ring substituents is 2. The standard InChI is InChI=1S/C26H20N6O10/c33-29(34)17-9-11-19(23(15-17)31(37)38)27-21-5-1-3-7-25(21)41-13-14-42-26-8-4-2-6-22(26)28-20-12-10-18(30(35)36)16-24(20)32(39)40/h1-12,15-16,27-28H,13-14H2. The van der Waals surface area contributed by atoms with Crippen LogP contribution in [-0.4, -0.2) is 32.9 Å². The molecule has 0 heterocycles. The summed E-state index contributed by atoms with van der Waals surface area (Å²) in [6, 6.07) is 19.6. The van der Waals surface area contributed by atoms with Gasteiger partial charge in [0.2, 0.25) is 0 Å². The Morgan fingerprint density at radius 3 is 1.24 bits per heavy atom. The van der Waals surface area contributed by atoms with Crippen molar-refractivity contribution in [3.8, 4) is 11.5 Å². The summed E-state index contributed by atoms with van der Waals surface area (Å²) in [4.78, 5) is 42.1. The number of rotatable bonds is 13. The molecule has 16 nitrogen and oxygen atoms in total. The Kier molecular flexibility index (Phi) is 8.67. The fraction of sp³-hybridized carbons (Fsp3) is 0.0769. The molecular formula is C26H20N6O10. The lowest BCUT2D eigenvalue weighted by Gasteiger charge is -2.15. The van der Waals surface area contributed by atoms with Gasteiger partial charge in [0, 0.05) is 12.1 Å². The number of nitro benzene ring substituents is 4. The van der Waals surface area contributed by atoms with E-state index < -0.39 is 42.4 Å². The van der Waals surface area contributed by atoms with E-state index in [-0.39, 0.29) is 24.6 Å². The van der Waals surface area contributed by atoms with Gasteiger partial charge in [-0.25, -0.2) is 0 Å². The minimum Gasteiger partial charge on any atom is -0.488 e. The second-order valence-corrected chi connectivity index (χ2v) is 8.37. The van der Waals surface area contributed by atoms with Crippen molar-refractivity contribution in [1.82, 2.24) is 0 Å². The molecule has 4 aromatic rings. The van der Waals surface area contributed by atoms with Crippen molar-refractivity contribution in [1.29, 1.82) is 0 Å². The molecular weight excluding hydrogens is 556 g/mol. The van der Waals surface area contributed by atoms with E-state index in [0.717, 1.165) is 24.3 Å². The van der Waals surface area contributed by atoms with Crippen LogP contribution in [0.3, 0.4) is 0 Å². The number of hydrogen-bond donors (Lipinski definition) is 2. The zero-order chi connectivity index (χ0) is 30.2. The number of hydrogen-bond acceptors (Lipinski definition) is 12. The summed E-state index contributed by atoms with van der Waals surface area (Å²) in [5.74, 6) is 0.642. The molecule has 0 spiro atoms. The maximum absolute atomic E-state index is 11.5. The van der Waals surface area contributed by atoms with Crippen LogP contribution in [0.4, 0.5) is 45.5 Å². The van der Waals surface area contributed by atoms with Crippen LogP contribution in [0.15, 0.2) is 84.9 Å². The Labute approximate surface area is 235 Å². The third-order valence-corrected chi connectivity index (χ3v) is 5.69. The van der Waals surface area contributed by atoms with Crippen LogP contribution in [0, 0.1) is 40.5 Å². The van der Waals surface area contributed by atoms with Crippen LogP contribution < -0.4 is 20.1 Å². The lowest BCUT2D eigenvalue weighted by atomic mass is 10.2. The lowest BCUT2D eigenvalue weighted by molar-refractivity contribution is -0.393. The molecule has 42 heavy (non-hydrogen) atoms. The molecule has 214 valence electrons. The molecule has 0 fully saturated rings. The quantitative estimate of drug-likeness (QED) is 0.102. The highest BCUT2D eigenvalue weighted by Crippen LogP contribution is 2.36. The molecule has 0 aliphatic heterocycles. The molecule has 0 saturated carbocycles. The van der Waals surface area contributed by atoms with Crippen LogP contribution in [0.5, 0.6) is 11.5 Å². The van der Waals surface area contributed by atoms with Crippen molar-refractivity contribution < 1.29 is 29.2 Å². The second-order valence-electron chi connectivity index (χ2n) is 8.37. The maximum atomic E-state index is 11.5. The van der Waals surface area contributed by atoms with Gasteiger partial charge in [-0.3, -0.25) is 40.5 Å². The SMILES string of the molecule is O=[N+]([O-])c1ccc(Nc2ccccc2OCCOc2ccccc2Nc2ccc([N+](=O)[O-])cc2[N+](=O)[O-])c([N+](=O)[O-])c1. The summed E-state index contributed by atoms with van der Waals surface area (Å²) < 4.78 is 11.6. The van der Waals surface area contributed by atoms with Gasteiger partial charge in [-0.15, -0.1) is 0 Å². The van der Waals surface area contributed by atoms with Crippen molar-refractivity contribution in [3.63, 3.8) is 0 Å². The molecule has 0 unspecified atom stereocenters. The first-order chi connectivity index (χ1) is 20.1. The van der Waals surface area contributed by atoms with Gasteiger partial charge in [-0.1, -0.05) is 24.3 Å². The molecule has 4 rings (SSSR count). The molecule has 0 bridgehead atoms. The minimum absolute atomic E-state index is 0.0209. The fourth-order valence-corrected chi connectivity index (χ4v) is 3.77. The Bertz CT molecular complexity index is 1560. The van der Waals surface area contributed by atoms with E-state index in [4.69, 9.17) is 9.47 Å². The van der Waals surface area contributed by atoms with E-state index in [0.29, 0.717) is 22.9 Å². The molecule has 0 aliphatic rings. The van der Waals surface area contributed by atoms with Crippen LogP contribution in [0.1, 0.15) is 0 Å². The zero-order valence-corrected chi connectivity index (χ0v) is 21.4. The second kappa shape index (κ2) is 12.7. The lowest BCUT2D eigenvalue weighted by Crippen LogP contribution is -2.11. The van der Waals surface area contributed by atoms with Gasteiger partial charge in [0.15, 0.2) is 0 Å². The average molecular weight is 576 g/mol. The van der Waals surface area contributed by atoms with E-state index in [1.807, 2.05) is 0 Å². The van der Waals surface area contributed by atoms with Gasteiger partial charge >= 0.3 is 0 Å². The summed E-state index contributed by atoms with van der Waals surface area (Å²) in [6.45, 7) is 0.0418. The number of nitro groups is 4. The molecule has 2 N–H and O–H groups in total. The Morgan fingerprint density at radius 1 is 0.500 bits per heavy atom. The first kappa shape index (κ1) is 28.7. The van der Waals surface area contributed by atoms with Gasteiger partial charge in [-0.2, -0.15) is 0 Å². The first-order valence-corrected chi connectivity index (χ1v) is 12.0. The number of para-hydroxylation sites is 4. The van der Waals surface area contributed by atoms with E-state index in [2.05, 4.69) is 10.6 Å². The minimum atomic E-state index is -0.733. The number of nitrogens with one attached hydrogen (secondary N) is 2. The number of ether oxygens (including phenoxy) is 2. The predicted octanol–water partition coefficient (Wildman–Crippen LogP) is 6.26. The van der Waals surface area contributed by atoms with Crippen LogP contribution in [0.25, 0.3) is 0 Å². The highest BCUT2D eigenvalue weighted by atomic mass is 16.6. The van der Waals surface area contributed by atoms with Crippen molar-refractivity contribution in [2.45, 2.75) is 0 Å². The monoisotopic (exact) mass is 576 g/mol. The summed E-state index contributed by atoms with van der Waals surface area (Å²) >= 11 is 0. The van der Waals surface area contributed by atoms with Gasteiger partial charge in [-0.05, 0) is 36.4 Å². The third-order valence-electron chi connectivity index (χ3n) is 5.69. The number of benzene rings is 4. The molecule has 0 radical (unpaired) electrons. The molecule has 0 aromatic heterocycles. The van der Waals surface area contributed by atoms with E-state index >= 15 is 0 Å². The topological polar surface area (TPSA) is 215 Å². The fourth-order valence-electron chi connectivity index (χ4n) is 3.77. The van der Waals surface area contributed by atoms with E-state index in [1.165, 1.54) is 12.1 Å². The molecule has 0 aliphatic carbocycles. The number of nitrogens with zero attached hydrogens (tertiary/aromatic N) is 4. The largest absolute Gasteiger partial charge is 0.488 e. The van der Waals surface area contributed by atoms with Crippen LogP contribution >= 0.6 is 0 Å². The van der Waals surface area contributed by atoms with Gasteiger partial charge < -0.3 is 20.1 Å². The van der Waals surface area contributed by atoms with Crippen molar-refractivity contribution in [3.05, 3.63) is 125 Å². The van der Waals surface area contributed by atoms with E-state index in [1.54, 1.807) is 48.5 Å². The highest BCUT2D eigenvalue weighted by Gasteiger charge is 2.22. The summed E-state index contributed by atoms with van der Waals surface area (Å²) in [6.07, 6.45) is 0. The van der Waals surface area contributed by atoms with Crippen molar-refractivity contribution in [2.75, 3.05) is 23.8 Å². The van der Waals surface area contributed by atoms with Gasteiger partial charge in [0.1, 0.15) is 36.1 Å². The van der Waals surface area contributed by atoms with Gasteiger partial charge in [0.25, 0.3) is 22.7 Å². The molecule has 16 heteroatoms. The van der Waals surface area contributed by atoms with E-state index in [9.17, 15) is 40.5 Å². The van der Waals surface area contributed by atoms with Crippen molar-refractivity contribution in [2.24, 2.45) is 0 Å². The summed E-state index contributed by atoms with van der Waals surface area (Å²) in [7, 11) is 0. The normalized spacial score (nSPS) is 10.4. The summed E-state index contributed by atoms with van der Waals surface area (Å²) in [5.41, 5.74) is -1.04. The summed E-state index contributed by atoms with van der Waals surface area (Å²) in [5, 5.41) is 50.7. The van der Waals surface area contributed by atoms with Crippen molar-refractivity contribution >= 4 is 45.5 Å². The Balaban J connectivity index is 1.44. The first-order valence-electron chi connectivity index (χ1n) is 12.0. The van der Waals surface area contributed by atoms with Gasteiger partial charge in [0.05, 0.1) is 43.2 Å². The predicted molar refractivity (Wildman–Crippen MR) is 150 cm³/mol. The molecule has 0 amide bonds. The highest BCUT2D eigenvalue weighted by molar-refractivity contribution is 5.75. The Hall–Kier alpha value is -6.32. The Morgan fingerprint density at radius 2 is 0.881 bits per heavy atom. The van der Waals surface area contributed by atoms with Crippen LogP contribution in [-0.2, 0) is 0 Å². The molecule has 0 atom stereocenters. The zero-order valence-electron chi connectivity index (χ0n) is 21.4. The molecule has 4 aromatic carbocycles. The molecule has 0 saturated heterocycles. The van der Waals surface area contributed by atoms with Crippen LogP contribution in [0.2, 0.25) is 0 Å². The maximum Gasteiger partial charge on any atom is 0.299 e.